The fourth-order valence-corrected chi connectivity index (χ4v) is 1.21. The third kappa shape index (κ3) is 3.31. The van der Waals surface area contributed by atoms with E-state index in [1.54, 1.807) is 24.3 Å². The summed E-state index contributed by atoms with van der Waals surface area (Å²) in [5.41, 5.74) is 0.688. The van der Waals surface area contributed by atoms with Crippen LogP contribution in [0.25, 0.3) is 0 Å². The second-order valence-corrected chi connectivity index (χ2v) is 2.98. The van der Waals surface area contributed by atoms with E-state index in [0.717, 1.165) is 5.75 Å². The van der Waals surface area contributed by atoms with Gasteiger partial charge in [0.15, 0.2) is 0 Å². The molecule has 4 heteroatoms. The third-order valence-corrected chi connectivity index (χ3v) is 1.85. The molecule has 0 aromatic heterocycles. The first kappa shape index (κ1) is 12.1. The maximum absolute atomic E-state index is 8.50. The van der Waals surface area contributed by atoms with Crippen molar-refractivity contribution in [1.82, 2.24) is 0 Å². The van der Waals surface area contributed by atoms with Crippen LogP contribution in [0.4, 0.5) is 0 Å². The van der Waals surface area contributed by atoms with Crippen LogP contribution in [-0.4, -0.2) is 24.6 Å². The molecule has 0 heterocycles. The van der Waals surface area contributed by atoms with E-state index in [9.17, 15) is 0 Å². The van der Waals surface area contributed by atoms with Gasteiger partial charge in [0.1, 0.15) is 18.1 Å². The van der Waals surface area contributed by atoms with Gasteiger partial charge >= 0.3 is 0 Å². The molecule has 86 valence electrons. The van der Waals surface area contributed by atoms with Crippen LogP contribution >= 0.6 is 0 Å². The van der Waals surface area contributed by atoms with Crippen LogP contribution in [0.3, 0.4) is 0 Å². The summed E-state index contributed by atoms with van der Waals surface area (Å²) in [4.78, 5) is 0. The van der Waals surface area contributed by atoms with Gasteiger partial charge in [-0.25, -0.2) is 0 Å². The lowest BCUT2D eigenvalue weighted by Crippen LogP contribution is -1.99. The van der Waals surface area contributed by atoms with Gasteiger partial charge in [0, 0.05) is 11.6 Å². The van der Waals surface area contributed by atoms with Gasteiger partial charge in [-0.15, -0.1) is 0 Å². The van der Waals surface area contributed by atoms with Gasteiger partial charge in [-0.05, 0) is 19.1 Å². The minimum absolute atomic E-state index is 0.391. The second-order valence-electron chi connectivity index (χ2n) is 2.98. The monoisotopic (exact) mass is 221 g/mol. The number of benzene rings is 1. The molecule has 0 aliphatic heterocycles. The van der Waals surface area contributed by atoms with E-state index in [-0.39, 0.29) is 0 Å². The summed E-state index contributed by atoms with van der Waals surface area (Å²) >= 11 is 0. The van der Waals surface area contributed by atoms with Gasteiger partial charge in [-0.1, -0.05) is 17.8 Å². The van der Waals surface area contributed by atoms with Crippen molar-refractivity contribution in [3.8, 4) is 11.5 Å². The predicted molar refractivity (Wildman–Crippen MR) is 62.7 cm³/mol. The Bertz CT molecular complexity index is 375. The SMILES string of the molecule is C=CCOc1cc(OCC)ccc1/C=N/O. The highest BCUT2D eigenvalue weighted by Gasteiger charge is 2.04. The molecular weight excluding hydrogens is 206 g/mol. The topological polar surface area (TPSA) is 51.0 Å². The highest BCUT2D eigenvalue weighted by atomic mass is 16.5. The lowest BCUT2D eigenvalue weighted by Gasteiger charge is -2.09. The molecule has 0 unspecified atom stereocenters. The molecule has 4 nitrogen and oxygen atoms in total. The van der Waals surface area contributed by atoms with Crippen molar-refractivity contribution in [3.63, 3.8) is 0 Å². The fourth-order valence-electron chi connectivity index (χ4n) is 1.21. The lowest BCUT2D eigenvalue weighted by molar-refractivity contribution is 0.320. The Balaban J connectivity index is 2.95. The highest BCUT2D eigenvalue weighted by Crippen LogP contribution is 2.23. The van der Waals surface area contributed by atoms with Gasteiger partial charge in [0.25, 0.3) is 0 Å². The molecule has 0 aliphatic carbocycles. The smallest absolute Gasteiger partial charge is 0.132 e. The first-order valence-electron chi connectivity index (χ1n) is 4.99. The number of ether oxygens (including phenoxy) is 2. The van der Waals surface area contributed by atoms with E-state index in [0.29, 0.717) is 24.5 Å². The first-order chi connectivity index (χ1) is 7.81. The maximum atomic E-state index is 8.50. The minimum Gasteiger partial charge on any atom is -0.494 e. The van der Waals surface area contributed by atoms with Crippen LogP contribution < -0.4 is 9.47 Å². The number of hydrogen-bond acceptors (Lipinski definition) is 4. The van der Waals surface area contributed by atoms with Crippen LogP contribution in [0.5, 0.6) is 11.5 Å². The Kier molecular flexibility index (Phi) is 4.92. The van der Waals surface area contributed by atoms with E-state index < -0.39 is 0 Å². The quantitative estimate of drug-likeness (QED) is 0.347. The summed E-state index contributed by atoms with van der Waals surface area (Å²) in [5.74, 6) is 1.32. The molecule has 0 spiro atoms. The largest absolute Gasteiger partial charge is 0.494 e. The second kappa shape index (κ2) is 6.50. The van der Waals surface area contributed by atoms with E-state index >= 15 is 0 Å². The Morgan fingerprint density at radius 1 is 1.44 bits per heavy atom. The molecule has 1 aromatic rings. The molecule has 0 saturated heterocycles. The van der Waals surface area contributed by atoms with Crippen molar-refractivity contribution < 1.29 is 14.7 Å². The molecule has 1 N–H and O–H groups in total. The molecule has 1 rings (SSSR count). The van der Waals surface area contributed by atoms with E-state index in [1.165, 1.54) is 6.21 Å². The zero-order valence-corrected chi connectivity index (χ0v) is 9.22. The summed E-state index contributed by atoms with van der Waals surface area (Å²) in [6.45, 7) is 6.46. The van der Waals surface area contributed by atoms with Crippen molar-refractivity contribution in [2.24, 2.45) is 5.16 Å². The molecule has 0 bridgehead atoms. The van der Waals surface area contributed by atoms with Crippen molar-refractivity contribution in [2.75, 3.05) is 13.2 Å². The molecular formula is C12H15NO3. The number of hydrogen-bond donors (Lipinski definition) is 1. The summed E-state index contributed by atoms with van der Waals surface area (Å²) in [6, 6.07) is 5.31. The zero-order valence-electron chi connectivity index (χ0n) is 9.22. The third-order valence-electron chi connectivity index (χ3n) is 1.85. The summed E-state index contributed by atoms with van der Waals surface area (Å²) in [5, 5.41) is 11.5. The molecule has 1 aromatic carbocycles. The van der Waals surface area contributed by atoms with Gasteiger partial charge in [-0.2, -0.15) is 0 Å². The maximum Gasteiger partial charge on any atom is 0.132 e. The molecule has 0 saturated carbocycles. The van der Waals surface area contributed by atoms with Crippen LogP contribution in [0, 0.1) is 0 Å². The first-order valence-corrected chi connectivity index (χ1v) is 4.99. The van der Waals surface area contributed by atoms with Crippen molar-refractivity contribution in [1.29, 1.82) is 0 Å². The summed E-state index contributed by atoms with van der Waals surface area (Å²) in [6.07, 6.45) is 2.96. The Morgan fingerprint density at radius 3 is 2.88 bits per heavy atom. The van der Waals surface area contributed by atoms with Crippen LogP contribution in [0.15, 0.2) is 36.0 Å². The Labute approximate surface area is 94.8 Å². The van der Waals surface area contributed by atoms with Crippen LogP contribution in [0.2, 0.25) is 0 Å². The molecule has 0 amide bonds. The highest BCUT2D eigenvalue weighted by molar-refractivity contribution is 5.83. The number of nitrogens with zero attached hydrogens (tertiary/aromatic N) is 1. The van der Waals surface area contributed by atoms with Gasteiger partial charge < -0.3 is 14.7 Å². The Hall–Kier alpha value is -1.97. The Morgan fingerprint density at radius 2 is 2.25 bits per heavy atom. The molecule has 0 aliphatic rings. The van der Waals surface area contributed by atoms with E-state index in [1.807, 2.05) is 6.92 Å². The minimum atomic E-state index is 0.391. The summed E-state index contributed by atoms with van der Waals surface area (Å²) < 4.78 is 10.8. The van der Waals surface area contributed by atoms with Gasteiger partial charge in [-0.3, -0.25) is 0 Å². The zero-order chi connectivity index (χ0) is 11.8. The fraction of sp³-hybridized carbons (Fsp3) is 0.250. The van der Waals surface area contributed by atoms with E-state index in [2.05, 4.69) is 11.7 Å². The standard InChI is InChI=1S/C12H15NO3/c1-3-7-16-12-8-11(15-4-2)6-5-10(12)9-13-14/h3,5-6,8-9,14H,1,4,7H2,2H3/b13-9+. The van der Waals surface area contributed by atoms with Crippen molar-refractivity contribution >= 4 is 6.21 Å². The molecule has 0 fully saturated rings. The molecule has 16 heavy (non-hydrogen) atoms. The predicted octanol–water partition coefficient (Wildman–Crippen LogP) is 2.46. The average molecular weight is 221 g/mol. The van der Waals surface area contributed by atoms with Crippen LogP contribution in [0.1, 0.15) is 12.5 Å². The molecule has 0 atom stereocenters. The number of oxime groups is 1. The summed E-state index contributed by atoms with van der Waals surface area (Å²) in [7, 11) is 0. The average Bonchev–Trinajstić information content (AvgIpc) is 2.30. The van der Waals surface area contributed by atoms with Gasteiger partial charge in [0.2, 0.25) is 0 Å². The lowest BCUT2D eigenvalue weighted by atomic mass is 10.2. The van der Waals surface area contributed by atoms with Gasteiger partial charge in [0.05, 0.1) is 12.8 Å². The number of rotatable bonds is 6. The van der Waals surface area contributed by atoms with Crippen molar-refractivity contribution in [2.45, 2.75) is 6.92 Å². The van der Waals surface area contributed by atoms with Crippen molar-refractivity contribution in [3.05, 3.63) is 36.4 Å². The van der Waals surface area contributed by atoms with E-state index in [4.69, 9.17) is 14.7 Å². The normalized spacial score (nSPS) is 10.3. The van der Waals surface area contributed by atoms with Crippen LogP contribution in [-0.2, 0) is 0 Å². The molecule has 0 radical (unpaired) electrons.